The number of rotatable bonds is 5. The Morgan fingerprint density at radius 1 is 1.47 bits per heavy atom. The molecule has 0 radical (unpaired) electrons. The van der Waals surface area contributed by atoms with E-state index in [-0.39, 0.29) is 11.5 Å². The molecule has 0 bridgehead atoms. The molecule has 1 heterocycles. The van der Waals surface area contributed by atoms with Crippen molar-refractivity contribution in [2.24, 2.45) is 5.92 Å². The summed E-state index contributed by atoms with van der Waals surface area (Å²) in [6, 6.07) is 0.298. The van der Waals surface area contributed by atoms with Crippen molar-refractivity contribution in [3.63, 3.8) is 0 Å². The fraction of sp³-hybridized carbons (Fsp3) is 0.462. The Morgan fingerprint density at radius 3 is 2.58 bits per heavy atom. The van der Waals surface area contributed by atoms with Crippen LogP contribution in [0.3, 0.4) is 0 Å². The predicted octanol–water partition coefficient (Wildman–Crippen LogP) is 0.912. The summed E-state index contributed by atoms with van der Waals surface area (Å²) in [4.78, 5) is 37.4. The average molecular weight is 266 g/mol. The number of aryl methyl sites for hydroxylation is 1. The van der Waals surface area contributed by atoms with Gasteiger partial charge in [-0.15, -0.1) is 0 Å². The zero-order valence-corrected chi connectivity index (χ0v) is 11.2. The summed E-state index contributed by atoms with van der Waals surface area (Å²) < 4.78 is 0. The van der Waals surface area contributed by atoms with Crippen molar-refractivity contribution in [2.45, 2.75) is 33.2 Å². The number of H-pyrrole nitrogens is 1. The molecule has 2 atom stereocenters. The molecule has 0 aromatic carbocycles. The Bertz CT molecular complexity index is 536. The van der Waals surface area contributed by atoms with Crippen molar-refractivity contribution < 1.29 is 14.7 Å². The fourth-order valence-electron chi connectivity index (χ4n) is 1.65. The molecule has 1 aromatic heterocycles. The Kier molecular flexibility index (Phi) is 4.86. The second-order valence-electron chi connectivity index (χ2n) is 4.57. The summed E-state index contributed by atoms with van der Waals surface area (Å²) in [5.74, 6) is -1.99. The number of aromatic nitrogens is 1. The number of carboxylic acids is 1. The number of carboxylic acid groups (broad SMARTS) is 1. The Labute approximate surface area is 110 Å². The number of carbonyl (C=O) groups is 2. The first-order valence-electron chi connectivity index (χ1n) is 6.09. The topological polar surface area (TPSA) is 99.3 Å². The molecule has 0 aliphatic heterocycles. The molecule has 19 heavy (non-hydrogen) atoms. The first kappa shape index (κ1) is 14.9. The van der Waals surface area contributed by atoms with E-state index in [0.29, 0.717) is 12.1 Å². The Hall–Kier alpha value is -2.11. The number of hydrogen-bond donors (Lipinski definition) is 3. The van der Waals surface area contributed by atoms with E-state index in [1.807, 2.05) is 6.92 Å². The molecule has 6 heteroatoms. The molecule has 0 saturated carbocycles. The van der Waals surface area contributed by atoms with Crippen LogP contribution >= 0.6 is 0 Å². The summed E-state index contributed by atoms with van der Waals surface area (Å²) in [5.41, 5.74) is 0.125. The number of pyridine rings is 1. The van der Waals surface area contributed by atoms with Crippen LogP contribution in [0.2, 0.25) is 0 Å². The maximum absolute atomic E-state index is 11.9. The van der Waals surface area contributed by atoms with Crippen LogP contribution < -0.4 is 10.7 Å². The number of aromatic amines is 1. The van der Waals surface area contributed by atoms with Gasteiger partial charge in [0.15, 0.2) is 5.43 Å². The van der Waals surface area contributed by atoms with Crippen molar-refractivity contribution in [2.75, 3.05) is 0 Å². The monoisotopic (exact) mass is 266 g/mol. The van der Waals surface area contributed by atoms with Crippen LogP contribution in [0.25, 0.3) is 0 Å². The van der Waals surface area contributed by atoms with Gasteiger partial charge >= 0.3 is 5.97 Å². The van der Waals surface area contributed by atoms with Gasteiger partial charge in [-0.05, 0) is 12.8 Å². The molecular weight excluding hydrogens is 248 g/mol. The zero-order chi connectivity index (χ0) is 14.6. The van der Waals surface area contributed by atoms with Gasteiger partial charge in [-0.3, -0.25) is 9.59 Å². The van der Waals surface area contributed by atoms with Gasteiger partial charge in [-0.25, -0.2) is 4.79 Å². The molecule has 0 aliphatic carbocycles. The highest BCUT2D eigenvalue weighted by atomic mass is 16.4. The SMILES string of the molecule is CCC(C)C(NC(=O)c1c[nH]c(C)cc1=O)C(=O)O. The molecule has 1 aromatic rings. The lowest BCUT2D eigenvalue weighted by Crippen LogP contribution is -2.46. The van der Waals surface area contributed by atoms with Crippen molar-refractivity contribution in [3.05, 3.63) is 33.7 Å². The largest absolute Gasteiger partial charge is 0.480 e. The van der Waals surface area contributed by atoms with Crippen LogP contribution in [0.1, 0.15) is 36.3 Å². The maximum Gasteiger partial charge on any atom is 0.326 e. The summed E-state index contributed by atoms with van der Waals surface area (Å²) in [5, 5.41) is 11.5. The van der Waals surface area contributed by atoms with E-state index >= 15 is 0 Å². The lowest BCUT2D eigenvalue weighted by Gasteiger charge is -2.19. The third-order valence-corrected chi connectivity index (χ3v) is 3.07. The second kappa shape index (κ2) is 6.17. The summed E-state index contributed by atoms with van der Waals surface area (Å²) in [7, 11) is 0. The maximum atomic E-state index is 11.9. The molecule has 0 fully saturated rings. The molecule has 104 valence electrons. The fourth-order valence-corrected chi connectivity index (χ4v) is 1.65. The highest BCUT2D eigenvalue weighted by Gasteiger charge is 2.26. The number of hydrogen-bond acceptors (Lipinski definition) is 3. The molecule has 6 nitrogen and oxygen atoms in total. The lowest BCUT2D eigenvalue weighted by molar-refractivity contribution is -0.140. The molecule has 3 N–H and O–H groups in total. The van der Waals surface area contributed by atoms with Crippen molar-refractivity contribution in [1.29, 1.82) is 0 Å². The number of aliphatic carboxylic acids is 1. The third kappa shape index (κ3) is 3.67. The molecule has 0 aliphatic rings. The minimum atomic E-state index is -1.11. The number of carbonyl (C=O) groups excluding carboxylic acids is 1. The predicted molar refractivity (Wildman–Crippen MR) is 70.1 cm³/mol. The Morgan fingerprint density at radius 2 is 2.11 bits per heavy atom. The molecular formula is C13H18N2O4. The van der Waals surface area contributed by atoms with Gasteiger partial charge in [-0.1, -0.05) is 20.3 Å². The summed E-state index contributed by atoms with van der Waals surface area (Å²) in [6.45, 7) is 5.27. The smallest absolute Gasteiger partial charge is 0.326 e. The molecule has 1 amide bonds. The normalized spacial score (nSPS) is 13.6. The van der Waals surface area contributed by atoms with Crippen molar-refractivity contribution in [1.82, 2.24) is 10.3 Å². The molecule has 0 saturated heterocycles. The van der Waals surface area contributed by atoms with E-state index in [1.54, 1.807) is 13.8 Å². The first-order chi connectivity index (χ1) is 8.86. The molecule has 0 spiro atoms. The van der Waals surface area contributed by atoms with Gasteiger partial charge in [0.1, 0.15) is 11.6 Å². The lowest BCUT2D eigenvalue weighted by atomic mass is 9.99. The molecule has 1 rings (SSSR count). The first-order valence-corrected chi connectivity index (χ1v) is 6.09. The van der Waals surface area contributed by atoms with Gasteiger partial charge in [0.25, 0.3) is 5.91 Å². The van der Waals surface area contributed by atoms with Crippen LogP contribution in [-0.2, 0) is 4.79 Å². The number of amides is 1. The Balaban J connectivity index is 2.94. The van der Waals surface area contributed by atoms with Crippen LogP contribution in [-0.4, -0.2) is 28.0 Å². The number of nitrogens with one attached hydrogen (secondary N) is 2. The van der Waals surface area contributed by atoms with Crippen molar-refractivity contribution in [3.8, 4) is 0 Å². The van der Waals surface area contributed by atoms with E-state index in [0.717, 1.165) is 0 Å². The third-order valence-electron chi connectivity index (χ3n) is 3.07. The van der Waals surface area contributed by atoms with Gasteiger partial charge in [-0.2, -0.15) is 0 Å². The van der Waals surface area contributed by atoms with Crippen LogP contribution in [0.15, 0.2) is 17.1 Å². The minimum Gasteiger partial charge on any atom is -0.480 e. The highest BCUT2D eigenvalue weighted by Crippen LogP contribution is 2.08. The highest BCUT2D eigenvalue weighted by molar-refractivity contribution is 5.96. The van der Waals surface area contributed by atoms with Gasteiger partial charge in [0, 0.05) is 18.0 Å². The van der Waals surface area contributed by atoms with E-state index in [9.17, 15) is 14.4 Å². The van der Waals surface area contributed by atoms with Crippen molar-refractivity contribution >= 4 is 11.9 Å². The van der Waals surface area contributed by atoms with E-state index in [1.165, 1.54) is 12.3 Å². The van der Waals surface area contributed by atoms with E-state index in [4.69, 9.17) is 5.11 Å². The van der Waals surface area contributed by atoms with E-state index < -0.39 is 23.3 Å². The summed E-state index contributed by atoms with van der Waals surface area (Å²) in [6.07, 6.45) is 1.91. The van der Waals surface area contributed by atoms with E-state index in [2.05, 4.69) is 10.3 Å². The van der Waals surface area contributed by atoms with Gasteiger partial charge in [0.05, 0.1) is 0 Å². The standard InChI is InChI=1S/C13H18N2O4/c1-4-7(2)11(13(18)19)15-12(17)9-6-14-8(3)5-10(9)16/h5-7,11H,4H2,1-3H3,(H,14,16)(H,15,17)(H,18,19). The average Bonchev–Trinajstić information content (AvgIpc) is 2.34. The quantitative estimate of drug-likeness (QED) is 0.737. The summed E-state index contributed by atoms with van der Waals surface area (Å²) >= 11 is 0. The van der Waals surface area contributed by atoms with Crippen LogP contribution in [0.5, 0.6) is 0 Å². The van der Waals surface area contributed by atoms with Crippen LogP contribution in [0, 0.1) is 12.8 Å². The van der Waals surface area contributed by atoms with Gasteiger partial charge in [0.2, 0.25) is 0 Å². The second-order valence-corrected chi connectivity index (χ2v) is 4.57. The zero-order valence-electron chi connectivity index (χ0n) is 11.2. The minimum absolute atomic E-state index is 0.0832. The van der Waals surface area contributed by atoms with Gasteiger partial charge < -0.3 is 15.4 Å². The van der Waals surface area contributed by atoms with Crippen LogP contribution in [0.4, 0.5) is 0 Å². The molecule has 2 unspecified atom stereocenters.